The Labute approximate surface area is 238 Å². The lowest BCUT2D eigenvalue weighted by Gasteiger charge is -2.39. The number of thioether (sulfide) groups is 1. The first kappa shape index (κ1) is 32.4. The topological polar surface area (TPSA) is 115 Å². The van der Waals surface area contributed by atoms with Crippen LogP contribution in [-0.4, -0.2) is 76.5 Å². The number of carbonyl (C=O) groups excluding carboxylic acids is 1. The molecule has 4 rings (SSSR count). The normalized spacial score (nSPS) is 25.5. The molecule has 2 saturated heterocycles. The Balaban J connectivity index is 1.81. The summed E-state index contributed by atoms with van der Waals surface area (Å²) in [4.78, 5) is 13.7. The fourth-order valence-electron chi connectivity index (χ4n) is 5.28. The summed E-state index contributed by atoms with van der Waals surface area (Å²) in [6.45, 7) is -1.16. The predicted octanol–water partition coefficient (Wildman–Crippen LogP) is 3.91. The number of sulfone groups is 1. The van der Waals surface area contributed by atoms with E-state index < -0.39 is 97.0 Å². The number of alkyl halides is 7. The van der Waals surface area contributed by atoms with Crippen LogP contribution in [0.25, 0.3) is 0 Å². The van der Waals surface area contributed by atoms with Gasteiger partial charge in [-0.1, -0.05) is 36.0 Å². The SMILES string of the molecule is O=C(N1CC[C@](c2ccc(C(F)(C(F)(F)F)C(F)(F)F)cc2)(S(=O)(=O)c2ccc(F)cc2)C1)C1(O)CCSC(O)(O)C1. The highest BCUT2D eigenvalue weighted by atomic mass is 32.2. The van der Waals surface area contributed by atoms with Crippen molar-refractivity contribution in [2.45, 2.75) is 57.6 Å². The molecule has 2 aliphatic rings. The third-order valence-corrected chi connectivity index (χ3v) is 11.0. The van der Waals surface area contributed by atoms with E-state index in [2.05, 4.69) is 0 Å². The first-order chi connectivity index (χ1) is 19.1. The summed E-state index contributed by atoms with van der Waals surface area (Å²) in [5.41, 5.74) is -10.4. The van der Waals surface area contributed by atoms with Crippen molar-refractivity contribution in [3.05, 3.63) is 65.5 Å². The maximum Gasteiger partial charge on any atom is 0.435 e. The molecule has 2 fully saturated rings. The highest BCUT2D eigenvalue weighted by Gasteiger charge is 2.73. The predicted molar refractivity (Wildman–Crippen MR) is 132 cm³/mol. The van der Waals surface area contributed by atoms with E-state index in [9.17, 15) is 63.7 Å². The van der Waals surface area contributed by atoms with Gasteiger partial charge in [-0.05, 0) is 42.7 Å². The molecular formula is C25H23F8NO6S2. The Hall–Kier alpha value is -2.47. The van der Waals surface area contributed by atoms with E-state index in [0.717, 1.165) is 29.2 Å². The monoisotopic (exact) mass is 649 g/mol. The van der Waals surface area contributed by atoms with Gasteiger partial charge >= 0.3 is 18.0 Å². The second-order valence-electron chi connectivity index (χ2n) is 10.2. The Bertz CT molecular complexity index is 1430. The van der Waals surface area contributed by atoms with Gasteiger partial charge in [-0.25, -0.2) is 17.2 Å². The van der Waals surface area contributed by atoms with Crippen molar-refractivity contribution in [3.8, 4) is 0 Å². The Morgan fingerprint density at radius 1 is 0.857 bits per heavy atom. The van der Waals surface area contributed by atoms with Crippen LogP contribution in [-0.2, 0) is 25.0 Å². The highest BCUT2D eigenvalue weighted by Crippen LogP contribution is 2.54. The van der Waals surface area contributed by atoms with Crippen LogP contribution in [0, 0.1) is 5.82 Å². The van der Waals surface area contributed by atoms with Gasteiger partial charge in [-0.15, -0.1) is 0 Å². The van der Waals surface area contributed by atoms with Crippen molar-refractivity contribution in [2.24, 2.45) is 0 Å². The third kappa shape index (κ3) is 5.27. The van der Waals surface area contributed by atoms with E-state index in [0.29, 0.717) is 23.9 Å². The van der Waals surface area contributed by atoms with Gasteiger partial charge in [0.1, 0.15) is 16.2 Å². The van der Waals surface area contributed by atoms with Gasteiger partial charge < -0.3 is 20.2 Å². The molecule has 0 bridgehead atoms. The molecule has 0 saturated carbocycles. The number of amides is 1. The van der Waals surface area contributed by atoms with E-state index in [1.54, 1.807) is 0 Å². The zero-order chi connectivity index (χ0) is 31.6. The zero-order valence-corrected chi connectivity index (χ0v) is 22.8. The van der Waals surface area contributed by atoms with Crippen molar-refractivity contribution in [2.75, 3.05) is 18.8 Å². The minimum atomic E-state index is -6.41. The van der Waals surface area contributed by atoms with Gasteiger partial charge in [0.05, 0.1) is 4.90 Å². The highest BCUT2D eigenvalue weighted by molar-refractivity contribution is 8.00. The van der Waals surface area contributed by atoms with Gasteiger partial charge in [0, 0.05) is 30.8 Å². The molecule has 0 aliphatic carbocycles. The molecule has 2 aliphatic heterocycles. The van der Waals surface area contributed by atoms with Crippen molar-refractivity contribution in [1.29, 1.82) is 0 Å². The number of likely N-dealkylation sites (tertiary alicyclic amines) is 1. The molecule has 42 heavy (non-hydrogen) atoms. The molecule has 2 atom stereocenters. The molecule has 1 unspecified atom stereocenters. The van der Waals surface area contributed by atoms with Crippen LogP contribution >= 0.6 is 11.8 Å². The summed E-state index contributed by atoms with van der Waals surface area (Å²) in [5, 5.41) is 28.4. The molecule has 2 heterocycles. The molecule has 2 aromatic rings. The molecule has 17 heteroatoms. The summed E-state index contributed by atoms with van der Waals surface area (Å²) in [6.07, 6.45) is -14.4. The number of rotatable bonds is 5. The number of hydrogen-bond donors (Lipinski definition) is 3. The van der Waals surface area contributed by atoms with Crippen molar-refractivity contribution >= 4 is 27.5 Å². The van der Waals surface area contributed by atoms with Crippen molar-refractivity contribution < 1.29 is 63.7 Å². The lowest BCUT2D eigenvalue weighted by molar-refractivity contribution is -0.348. The molecule has 2 aromatic carbocycles. The van der Waals surface area contributed by atoms with E-state index in [1.165, 1.54) is 0 Å². The summed E-state index contributed by atoms with van der Waals surface area (Å²) < 4.78 is 134. The molecule has 0 spiro atoms. The maximum absolute atomic E-state index is 14.6. The minimum absolute atomic E-state index is 0.0625. The first-order valence-corrected chi connectivity index (χ1v) is 14.6. The summed E-state index contributed by atoms with van der Waals surface area (Å²) in [6, 6.07) is 4.82. The average Bonchev–Trinajstić information content (AvgIpc) is 3.33. The van der Waals surface area contributed by atoms with Crippen LogP contribution in [0.4, 0.5) is 35.1 Å². The quantitative estimate of drug-likeness (QED) is 0.256. The summed E-state index contributed by atoms with van der Waals surface area (Å²) in [5.74, 6) is -1.96. The number of benzene rings is 2. The fourth-order valence-corrected chi connectivity index (χ4v) is 8.46. The summed E-state index contributed by atoms with van der Waals surface area (Å²) >= 11 is 0.652. The minimum Gasteiger partial charge on any atom is -0.380 e. The number of halogens is 8. The van der Waals surface area contributed by atoms with Gasteiger partial charge in [0.25, 0.3) is 5.91 Å². The van der Waals surface area contributed by atoms with Gasteiger partial charge in [-0.2, -0.15) is 26.3 Å². The fraction of sp³-hybridized carbons (Fsp3) is 0.480. The molecule has 232 valence electrons. The van der Waals surface area contributed by atoms with Gasteiger partial charge in [0.15, 0.2) is 9.84 Å². The molecule has 7 nitrogen and oxygen atoms in total. The van der Waals surface area contributed by atoms with Crippen LogP contribution in [0.2, 0.25) is 0 Å². The molecular weight excluding hydrogens is 626 g/mol. The largest absolute Gasteiger partial charge is 0.435 e. The van der Waals surface area contributed by atoms with E-state index in [1.807, 2.05) is 0 Å². The van der Waals surface area contributed by atoms with E-state index in [4.69, 9.17) is 0 Å². The number of aliphatic hydroxyl groups is 3. The maximum atomic E-state index is 14.6. The smallest absolute Gasteiger partial charge is 0.380 e. The molecule has 3 N–H and O–H groups in total. The molecule has 0 radical (unpaired) electrons. The number of carbonyl (C=O) groups is 1. The van der Waals surface area contributed by atoms with Gasteiger partial charge in [-0.3, -0.25) is 4.79 Å². The second-order valence-corrected chi connectivity index (χ2v) is 13.8. The Morgan fingerprint density at radius 2 is 1.40 bits per heavy atom. The molecule has 0 aromatic heterocycles. The lowest BCUT2D eigenvalue weighted by atomic mass is 9.90. The zero-order valence-electron chi connectivity index (χ0n) is 21.2. The van der Waals surface area contributed by atoms with Crippen LogP contribution in [0.1, 0.15) is 30.4 Å². The van der Waals surface area contributed by atoms with Crippen LogP contribution in [0.5, 0.6) is 0 Å². The Kier molecular flexibility index (Phi) is 7.97. The lowest BCUT2D eigenvalue weighted by Crippen LogP contribution is -2.55. The second kappa shape index (κ2) is 10.3. The first-order valence-electron chi connectivity index (χ1n) is 12.1. The standard InChI is InChI=1S/C25H23F8NO6S2/c26-17-5-7-18(8-6-17)42(39,40)21(9-11-34(14-21)19(35)20(36)10-12-41-22(37,38)13-20)15-1-3-16(4-2-15)23(27,24(28,29)30)25(31,32)33/h1-8,36-38H,9-14H2/t20?,21-/m0/s1. The number of nitrogens with zero attached hydrogens (tertiary/aromatic N) is 1. The van der Waals surface area contributed by atoms with Crippen LogP contribution < -0.4 is 0 Å². The van der Waals surface area contributed by atoms with Crippen molar-refractivity contribution in [3.63, 3.8) is 0 Å². The van der Waals surface area contributed by atoms with E-state index in [-0.39, 0.29) is 24.3 Å². The van der Waals surface area contributed by atoms with Crippen molar-refractivity contribution in [1.82, 2.24) is 4.90 Å². The Morgan fingerprint density at radius 3 is 1.90 bits per heavy atom. The summed E-state index contributed by atoms with van der Waals surface area (Å²) in [7, 11) is -4.70. The molecule has 1 amide bonds. The van der Waals surface area contributed by atoms with Crippen LogP contribution in [0.15, 0.2) is 53.4 Å². The third-order valence-electron chi connectivity index (χ3n) is 7.52. The van der Waals surface area contributed by atoms with Gasteiger partial charge in [0.2, 0.25) is 5.12 Å². The van der Waals surface area contributed by atoms with E-state index >= 15 is 0 Å². The number of hydrogen-bond acceptors (Lipinski definition) is 7. The van der Waals surface area contributed by atoms with Crippen LogP contribution in [0.3, 0.4) is 0 Å². The average molecular weight is 650 g/mol.